The summed E-state index contributed by atoms with van der Waals surface area (Å²) in [5.41, 5.74) is 0. The number of hydrogen-bond donors (Lipinski definition) is 4. The first kappa shape index (κ1) is 20.6. The number of rotatable bonds is 0. The monoisotopic (exact) mass is 428 g/mol. The van der Waals surface area contributed by atoms with E-state index in [4.69, 9.17) is 66.8 Å². The van der Waals surface area contributed by atoms with Crippen molar-refractivity contribution in [2.24, 2.45) is 0 Å². The molecule has 0 atom stereocenters. The van der Waals surface area contributed by atoms with E-state index in [-0.39, 0.29) is 20.1 Å². The van der Waals surface area contributed by atoms with Crippen LogP contribution in [-0.4, -0.2) is 20.4 Å². The molecule has 0 fully saturated rings. The molecule has 0 saturated carbocycles. The Labute approximate surface area is 151 Å². The third-order valence-corrected chi connectivity index (χ3v) is 4.22. The Bertz CT molecular complexity index is 539. The van der Waals surface area contributed by atoms with Crippen LogP contribution in [0.15, 0.2) is 0 Å². The van der Waals surface area contributed by atoms with Crippen LogP contribution in [0.4, 0.5) is 17.6 Å². The molecule has 0 unspecified atom stereocenters. The van der Waals surface area contributed by atoms with Gasteiger partial charge in [0.2, 0.25) is 34.8 Å². The van der Waals surface area contributed by atoms with Gasteiger partial charge in [-0.1, -0.05) is 46.4 Å². The zero-order valence-electron chi connectivity index (χ0n) is 10.8. The molecule has 0 amide bonds. The van der Waals surface area contributed by atoms with Gasteiger partial charge >= 0.3 is 0 Å². The van der Waals surface area contributed by atoms with Gasteiger partial charge in [0.25, 0.3) is 0 Å². The first-order valence-corrected chi connectivity index (χ1v) is 6.92. The summed E-state index contributed by atoms with van der Waals surface area (Å²) in [5.74, 6) is -12.8. The number of phenolic OH excluding ortho intramolecular Hbond substituents is 4. The summed E-state index contributed by atoms with van der Waals surface area (Å²) in [6.07, 6.45) is 0. The Morgan fingerprint density at radius 2 is 0.667 bits per heavy atom. The van der Waals surface area contributed by atoms with Crippen molar-refractivity contribution in [3.05, 3.63) is 43.4 Å². The smallest absolute Gasteiger partial charge is 0.207 e. The van der Waals surface area contributed by atoms with E-state index < -0.39 is 46.3 Å². The van der Waals surface area contributed by atoms with Crippen LogP contribution in [0.2, 0.25) is 20.1 Å². The predicted octanol–water partition coefficient (Wildman–Crippen LogP) is 5.37. The molecule has 0 heterocycles. The fourth-order valence-electron chi connectivity index (χ4n) is 1.22. The SMILES string of the molecule is Oc1c(O)c(Cl)c(Cl)c(Cl)c1Cl.Oc1c(O)c(F)c(F)c(F)c1F. The molecule has 0 spiro atoms. The third-order valence-electron chi connectivity index (χ3n) is 2.44. The van der Waals surface area contributed by atoms with Gasteiger partial charge in [0.05, 0.1) is 10.0 Å². The minimum atomic E-state index is -2.16. The lowest BCUT2D eigenvalue weighted by Crippen LogP contribution is -1.96. The van der Waals surface area contributed by atoms with Gasteiger partial charge in [-0.05, 0) is 0 Å². The van der Waals surface area contributed by atoms with Crippen LogP contribution in [0.3, 0.4) is 0 Å². The summed E-state index contributed by atoms with van der Waals surface area (Å²) in [6.45, 7) is 0. The lowest BCUT2D eigenvalue weighted by molar-refractivity contribution is 0.318. The number of phenols is 4. The molecule has 2 aromatic rings. The van der Waals surface area contributed by atoms with Crippen molar-refractivity contribution in [1.82, 2.24) is 0 Å². The van der Waals surface area contributed by atoms with Crippen LogP contribution in [0, 0.1) is 23.3 Å². The van der Waals surface area contributed by atoms with Crippen LogP contribution in [0.5, 0.6) is 23.0 Å². The standard InChI is InChI=1S/C6H2Cl4O2.C6H2F4O2/c2*7-1-2(8)4(10)6(12)5(11)3(1)9/h2*11-12H. The molecule has 4 nitrogen and oxygen atoms in total. The van der Waals surface area contributed by atoms with Crippen LogP contribution < -0.4 is 0 Å². The van der Waals surface area contributed by atoms with Crippen LogP contribution in [-0.2, 0) is 0 Å². The molecule has 24 heavy (non-hydrogen) atoms. The van der Waals surface area contributed by atoms with Crippen LogP contribution in [0.1, 0.15) is 0 Å². The van der Waals surface area contributed by atoms with Crippen LogP contribution in [0.25, 0.3) is 0 Å². The maximum atomic E-state index is 12.2. The fourth-order valence-corrected chi connectivity index (χ4v) is 2.05. The molecule has 0 bridgehead atoms. The minimum absolute atomic E-state index is 0.0846. The van der Waals surface area contributed by atoms with Crippen molar-refractivity contribution in [2.75, 3.05) is 0 Å². The van der Waals surface area contributed by atoms with Crippen molar-refractivity contribution in [1.29, 1.82) is 0 Å². The van der Waals surface area contributed by atoms with Crippen molar-refractivity contribution < 1.29 is 38.0 Å². The zero-order chi connectivity index (χ0) is 18.9. The van der Waals surface area contributed by atoms with E-state index in [2.05, 4.69) is 0 Å². The first-order chi connectivity index (χ1) is 10.9. The quantitative estimate of drug-likeness (QED) is 0.196. The van der Waals surface area contributed by atoms with Crippen molar-refractivity contribution in [2.45, 2.75) is 0 Å². The zero-order valence-corrected chi connectivity index (χ0v) is 13.8. The summed E-state index contributed by atoms with van der Waals surface area (Å²) < 4.78 is 48.8. The molecular weight excluding hydrogens is 426 g/mol. The number of halogens is 8. The van der Waals surface area contributed by atoms with E-state index in [1.54, 1.807) is 0 Å². The van der Waals surface area contributed by atoms with Gasteiger partial charge in [-0.25, -0.2) is 8.78 Å². The highest BCUT2D eigenvalue weighted by Gasteiger charge is 2.24. The van der Waals surface area contributed by atoms with E-state index in [1.807, 2.05) is 0 Å². The molecule has 4 N–H and O–H groups in total. The van der Waals surface area contributed by atoms with Gasteiger partial charge in [0, 0.05) is 0 Å². The average Bonchev–Trinajstić information content (AvgIpc) is 2.58. The van der Waals surface area contributed by atoms with Gasteiger partial charge in [0.1, 0.15) is 10.0 Å². The number of aromatic hydroxyl groups is 4. The maximum Gasteiger partial charge on any atom is 0.207 e. The maximum absolute atomic E-state index is 12.2. The summed E-state index contributed by atoms with van der Waals surface area (Å²) in [5, 5.41) is 34.4. The minimum Gasteiger partial charge on any atom is -0.503 e. The number of hydrogen-bond acceptors (Lipinski definition) is 4. The molecule has 0 aliphatic rings. The van der Waals surface area contributed by atoms with Gasteiger partial charge < -0.3 is 20.4 Å². The molecule has 12 heteroatoms. The molecule has 0 radical (unpaired) electrons. The van der Waals surface area contributed by atoms with Crippen molar-refractivity contribution in [3.8, 4) is 23.0 Å². The average molecular weight is 430 g/mol. The Morgan fingerprint density at radius 1 is 0.417 bits per heavy atom. The second-order valence-corrected chi connectivity index (χ2v) is 5.42. The molecule has 0 aliphatic heterocycles. The van der Waals surface area contributed by atoms with Gasteiger partial charge in [-0.3, -0.25) is 0 Å². The fraction of sp³-hybridized carbons (Fsp3) is 0. The summed E-state index contributed by atoms with van der Waals surface area (Å²) in [6, 6.07) is 0. The van der Waals surface area contributed by atoms with E-state index in [0.29, 0.717) is 0 Å². The largest absolute Gasteiger partial charge is 0.503 e. The normalized spacial score (nSPS) is 10.3. The van der Waals surface area contributed by atoms with Crippen molar-refractivity contribution in [3.63, 3.8) is 0 Å². The predicted molar refractivity (Wildman–Crippen MR) is 79.4 cm³/mol. The highest BCUT2D eigenvalue weighted by molar-refractivity contribution is 6.52. The van der Waals surface area contributed by atoms with E-state index in [9.17, 15) is 17.6 Å². The molecule has 132 valence electrons. The second kappa shape index (κ2) is 7.60. The van der Waals surface area contributed by atoms with Crippen LogP contribution >= 0.6 is 46.4 Å². The van der Waals surface area contributed by atoms with Crippen molar-refractivity contribution >= 4 is 46.4 Å². The third kappa shape index (κ3) is 3.61. The molecule has 0 saturated heterocycles. The van der Waals surface area contributed by atoms with Gasteiger partial charge in [0.15, 0.2) is 11.5 Å². The second-order valence-electron chi connectivity index (χ2n) is 3.91. The van der Waals surface area contributed by atoms with E-state index in [1.165, 1.54) is 0 Å². The van der Waals surface area contributed by atoms with E-state index in [0.717, 1.165) is 0 Å². The van der Waals surface area contributed by atoms with E-state index >= 15 is 0 Å². The molecular formula is C12H4Cl4F4O4. The summed E-state index contributed by atoms with van der Waals surface area (Å²) in [4.78, 5) is 0. The Kier molecular flexibility index (Phi) is 6.52. The Hall–Kier alpha value is -1.48. The Morgan fingerprint density at radius 3 is 0.917 bits per heavy atom. The summed E-state index contributed by atoms with van der Waals surface area (Å²) >= 11 is 22.0. The Balaban J connectivity index is 0.000000240. The first-order valence-electron chi connectivity index (χ1n) is 5.41. The summed E-state index contributed by atoms with van der Waals surface area (Å²) in [7, 11) is 0. The molecule has 2 aromatic carbocycles. The highest BCUT2D eigenvalue weighted by atomic mass is 35.5. The molecule has 2 rings (SSSR count). The molecule has 0 aromatic heterocycles. The van der Waals surface area contributed by atoms with Gasteiger partial charge in [-0.15, -0.1) is 0 Å². The highest BCUT2D eigenvalue weighted by Crippen LogP contribution is 2.48. The lowest BCUT2D eigenvalue weighted by Gasteiger charge is -2.06. The van der Waals surface area contributed by atoms with Gasteiger partial charge in [-0.2, -0.15) is 8.78 Å². The molecule has 0 aliphatic carbocycles. The topological polar surface area (TPSA) is 80.9 Å². The number of benzene rings is 2. The lowest BCUT2D eigenvalue weighted by atomic mass is 10.2.